The number of phosphoric ester groups is 2. The van der Waals surface area contributed by atoms with Gasteiger partial charge in [-0.15, -0.1) is 0 Å². The van der Waals surface area contributed by atoms with Gasteiger partial charge in [0.05, 0.1) is 50.3 Å². The van der Waals surface area contributed by atoms with Gasteiger partial charge in [-0.3, -0.25) is 37.9 Å². The van der Waals surface area contributed by atoms with E-state index < -0.39 is 27.3 Å². The summed E-state index contributed by atoms with van der Waals surface area (Å²) in [6.45, 7) is 9.07. The number of carbonyl (C=O) groups is 2. The van der Waals surface area contributed by atoms with Crippen LogP contribution in [0.15, 0.2) is 110 Å². The first kappa shape index (κ1) is 63.7. The molecule has 84 heavy (non-hydrogen) atoms. The van der Waals surface area contributed by atoms with Crippen molar-refractivity contribution >= 4 is 83.9 Å². The standard InChI is InChI=1S/C28H35FN7O6P.C26H31FN7O6P/c1-4-36(12-14-42-43(38,39-2)40-3)11-6-13-41-23-9-10-24-25(18-23)30-19-31-28(24)33-26-16-22(34-35-26)17-27(37)32-21-8-5-7-20(29)15-21;1-2-34(10-12-40-41(36,37)38)9-4-11-39-21-7-8-22-23(16-21)28-17-29-26(22)31-24-14-20(32-33-24)15-25(35)30-19-6-3-5-18(27)13-19/h5,7-10,15-16,18-19H,4,6,11-14,17H2,1-3H3,(H,32,37)(H2,30,31,33,34,35);3,5-8,13-14,16-17H,2,4,9-12,15H2,1H3,(H,30,35)(H2,36,37,38)(H2,28,29,31,32,33). The van der Waals surface area contributed by atoms with Crippen molar-refractivity contribution in [1.82, 2.24) is 50.1 Å². The fraction of sp³-hybridized carbons (Fsp3) is 0.333. The first-order chi connectivity index (χ1) is 40.5. The number of halogens is 2. The lowest BCUT2D eigenvalue weighted by Crippen LogP contribution is -2.29. The zero-order valence-electron chi connectivity index (χ0n) is 46.5. The SMILES string of the molecule is CCN(CCCOc1ccc2c(Nc3cc(CC(=O)Nc4cccc(F)c4)[nH]n3)ncnc2c1)CCOP(=O)(O)O.CCN(CCCOc1ccc2c(Nc3cc(CC(=O)Nc4cccc(F)c4)[nH]n3)ncnc2c1)CCOP(=O)(OC)OC. The Balaban J connectivity index is 0.000000241. The monoisotopic (exact) mass is 1200 g/mol. The lowest BCUT2D eigenvalue weighted by atomic mass is 10.2. The van der Waals surface area contributed by atoms with Gasteiger partial charge in [0, 0.05) is 98.2 Å². The molecule has 0 aliphatic carbocycles. The third-order valence-corrected chi connectivity index (χ3v) is 14.2. The molecule has 2 amide bonds. The van der Waals surface area contributed by atoms with Gasteiger partial charge in [0.2, 0.25) is 11.8 Å². The molecule has 448 valence electrons. The summed E-state index contributed by atoms with van der Waals surface area (Å²) in [7, 11) is -5.37. The van der Waals surface area contributed by atoms with Crippen LogP contribution in [-0.2, 0) is 49.7 Å². The first-order valence-electron chi connectivity index (χ1n) is 26.5. The van der Waals surface area contributed by atoms with Crippen molar-refractivity contribution in [3.63, 3.8) is 0 Å². The van der Waals surface area contributed by atoms with Crippen molar-refractivity contribution in [2.24, 2.45) is 0 Å². The topological polar surface area (TPSA) is 328 Å². The van der Waals surface area contributed by atoms with Gasteiger partial charge < -0.3 is 50.3 Å². The Morgan fingerprint density at radius 1 is 0.583 bits per heavy atom. The minimum atomic E-state index is -4.46. The van der Waals surface area contributed by atoms with Crippen LogP contribution in [0.1, 0.15) is 38.1 Å². The van der Waals surface area contributed by atoms with Crippen molar-refractivity contribution < 1.29 is 64.9 Å². The lowest BCUT2D eigenvalue weighted by Gasteiger charge is -2.21. The molecular weight excluding hydrogens is 1140 g/mol. The van der Waals surface area contributed by atoms with E-state index in [4.69, 9.17) is 32.8 Å². The van der Waals surface area contributed by atoms with E-state index in [2.05, 4.69) is 71.0 Å². The van der Waals surface area contributed by atoms with Crippen LogP contribution in [0.5, 0.6) is 11.5 Å². The molecule has 0 fully saturated rings. The van der Waals surface area contributed by atoms with Crippen LogP contribution in [0.25, 0.3) is 21.8 Å². The Kier molecular flexibility index (Phi) is 24.0. The highest BCUT2D eigenvalue weighted by Gasteiger charge is 2.23. The Bertz CT molecular complexity index is 3520. The number of fused-ring (bicyclic) bond motifs is 2. The number of carbonyl (C=O) groups excluding carboxylic acids is 2. The number of benzene rings is 4. The predicted molar refractivity (Wildman–Crippen MR) is 310 cm³/mol. The zero-order chi connectivity index (χ0) is 59.9. The Morgan fingerprint density at radius 3 is 1.45 bits per heavy atom. The van der Waals surface area contributed by atoms with Crippen LogP contribution in [-0.4, -0.2) is 152 Å². The van der Waals surface area contributed by atoms with Gasteiger partial charge in [-0.2, -0.15) is 10.2 Å². The maximum absolute atomic E-state index is 13.4. The molecule has 0 saturated carbocycles. The molecule has 30 heteroatoms. The highest BCUT2D eigenvalue weighted by atomic mass is 31.2. The molecule has 8 N–H and O–H groups in total. The number of anilines is 6. The number of rotatable bonds is 32. The average Bonchev–Trinajstić information content (AvgIpc) is 3.82. The number of hydrogen-bond acceptors (Lipinski definition) is 20. The molecule has 26 nitrogen and oxygen atoms in total. The summed E-state index contributed by atoms with van der Waals surface area (Å²) in [5, 5.41) is 27.2. The molecule has 0 radical (unpaired) electrons. The average molecular weight is 1200 g/mol. The number of nitrogens with zero attached hydrogens (tertiary/aromatic N) is 8. The number of H-pyrrole nitrogens is 2. The number of ether oxygens (including phenoxy) is 2. The summed E-state index contributed by atoms with van der Waals surface area (Å²) < 4.78 is 80.7. The largest absolute Gasteiger partial charge is 0.493 e. The third kappa shape index (κ3) is 20.8. The number of likely N-dealkylation sites (N-methyl/N-ethyl adjacent to an activating group) is 2. The molecule has 0 spiro atoms. The van der Waals surface area contributed by atoms with Gasteiger partial charge in [0.1, 0.15) is 47.4 Å². The summed E-state index contributed by atoms with van der Waals surface area (Å²) in [5.41, 5.74) is 3.24. The second-order valence-electron chi connectivity index (χ2n) is 18.3. The van der Waals surface area contributed by atoms with Crippen LogP contribution in [0.4, 0.5) is 43.4 Å². The van der Waals surface area contributed by atoms with Crippen LogP contribution in [0.2, 0.25) is 0 Å². The summed E-state index contributed by atoms with van der Waals surface area (Å²) in [6, 6.07) is 25.8. The summed E-state index contributed by atoms with van der Waals surface area (Å²) >= 11 is 0. The highest BCUT2D eigenvalue weighted by Crippen LogP contribution is 2.47. The van der Waals surface area contributed by atoms with Gasteiger partial charge in [-0.05, 0) is 86.6 Å². The predicted octanol–water partition coefficient (Wildman–Crippen LogP) is 8.54. The fourth-order valence-corrected chi connectivity index (χ4v) is 9.16. The molecule has 0 aliphatic heterocycles. The first-order valence-corrected chi connectivity index (χ1v) is 29.5. The van der Waals surface area contributed by atoms with Gasteiger partial charge in [0.25, 0.3) is 0 Å². The lowest BCUT2D eigenvalue weighted by molar-refractivity contribution is -0.116. The van der Waals surface area contributed by atoms with Gasteiger partial charge in [-0.1, -0.05) is 26.0 Å². The minimum Gasteiger partial charge on any atom is -0.493 e. The van der Waals surface area contributed by atoms with Crippen LogP contribution in [0.3, 0.4) is 0 Å². The second kappa shape index (κ2) is 31.7. The van der Waals surface area contributed by atoms with Crippen molar-refractivity contribution in [2.75, 3.05) is 101 Å². The number of nitrogens with one attached hydrogen (secondary N) is 6. The minimum absolute atomic E-state index is 0.0214. The molecular formula is C54H66F2N14O12P2. The maximum Gasteiger partial charge on any atom is 0.474 e. The van der Waals surface area contributed by atoms with Crippen LogP contribution >= 0.6 is 15.6 Å². The Hall–Kier alpha value is -7.88. The smallest absolute Gasteiger partial charge is 0.474 e. The quantitative estimate of drug-likeness (QED) is 0.0145. The molecule has 0 bridgehead atoms. The van der Waals surface area contributed by atoms with E-state index in [0.29, 0.717) is 114 Å². The van der Waals surface area contributed by atoms with E-state index >= 15 is 0 Å². The number of aromatic amines is 2. The molecule has 8 aromatic rings. The van der Waals surface area contributed by atoms with E-state index in [1.165, 1.54) is 63.3 Å². The maximum atomic E-state index is 13.4. The van der Waals surface area contributed by atoms with Crippen molar-refractivity contribution in [2.45, 2.75) is 39.5 Å². The van der Waals surface area contributed by atoms with Crippen LogP contribution < -0.4 is 30.7 Å². The highest BCUT2D eigenvalue weighted by molar-refractivity contribution is 7.48. The number of aromatic nitrogens is 8. The molecule has 0 atom stereocenters. The summed E-state index contributed by atoms with van der Waals surface area (Å²) in [4.78, 5) is 63.8. The molecule has 0 unspecified atom stereocenters. The second-order valence-corrected chi connectivity index (χ2v) is 21.4. The van der Waals surface area contributed by atoms with Gasteiger partial charge >= 0.3 is 15.6 Å². The van der Waals surface area contributed by atoms with Crippen molar-refractivity contribution in [3.05, 3.63) is 133 Å². The van der Waals surface area contributed by atoms with Crippen molar-refractivity contribution in [3.8, 4) is 11.5 Å². The number of hydrogen-bond donors (Lipinski definition) is 8. The van der Waals surface area contributed by atoms with E-state index in [1.807, 2.05) is 49.1 Å². The third-order valence-electron chi connectivity index (χ3n) is 12.3. The molecule has 4 aromatic carbocycles. The molecule has 4 heterocycles. The number of amides is 2. The Morgan fingerprint density at radius 2 is 1.04 bits per heavy atom. The van der Waals surface area contributed by atoms with E-state index in [0.717, 1.165) is 30.3 Å². The van der Waals surface area contributed by atoms with E-state index in [9.17, 15) is 27.5 Å². The molecule has 0 aliphatic rings. The van der Waals surface area contributed by atoms with E-state index in [-0.39, 0.29) is 37.9 Å². The summed E-state index contributed by atoms with van der Waals surface area (Å²) in [6.07, 6.45) is 4.41. The molecule has 8 rings (SSSR count). The summed E-state index contributed by atoms with van der Waals surface area (Å²) in [5.74, 6) is 1.85. The van der Waals surface area contributed by atoms with Gasteiger partial charge in [0.15, 0.2) is 11.6 Å². The normalized spacial score (nSPS) is 11.6. The zero-order valence-corrected chi connectivity index (χ0v) is 48.3. The fourth-order valence-electron chi connectivity index (χ4n) is 8.18. The molecule has 4 aromatic heterocycles. The molecule has 0 saturated heterocycles. The van der Waals surface area contributed by atoms with Gasteiger partial charge in [-0.25, -0.2) is 37.8 Å². The van der Waals surface area contributed by atoms with Crippen molar-refractivity contribution in [1.29, 1.82) is 0 Å². The number of phosphoric acid groups is 2. The van der Waals surface area contributed by atoms with E-state index in [1.54, 1.807) is 30.3 Å². The Labute approximate surface area is 482 Å². The van der Waals surface area contributed by atoms with Crippen LogP contribution in [0, 0.1) is 11.6 Å².